The summed E-state index contributed by atoms with van der Waals surface area (Å²) in [5.74, 6) is 0.0189. The Hall–Kier alpha value is -1.79. The van der Waals surface area contributed by atoms with Crippen LogP contribution in [-0.4, -0.2) is 18.2 Å². The molecule has 1 atom stereocenters. The molecule has 3 rings (SSSR count). The molecule has 1 fully saturated rings. The molecule has 1 N–H and O–H groups in total. The third-order valence-corrected chi connectivity index (χ3v) is 4.08. The zero-order valence-electron chi connectivity index (χ0n) is 10.4. The molecule has 0 radical (unpaired) electrons. The number of fused-ring (bicyclic) bond motifs is 1. The molecular weight excluding hydrogens is 224 g/mol. The Morgan fingerprint density at radius 2 is 2.22 bits per heavy atom. The number of aromatic nitrogens is 1. The van der Waals surface area contributed by atoms with Gasteiger partial charge in [-0.05, 0) is 18.1 Å². The molecule has 1 unspecified atom stereocenters. The van der Waals surface area contributed by atoms with E-state index < -0.39 is 0 Å². The number of nitriles is 1. The first-order chi connectivity index (χ1) is 8.81. The highest BCUT2D eigenvalue weighted by molar-refractivity contribution is 5.84. The first kappa shape index (κ1) is 11.3. The van der Waals surface area contributed by atoms with Gasteiger partial charge in [-0.1, -0.05) is 25.1 Å². The summed E-state index contributed by atoms with van der Waals surface area (Å²) in [5, 5.41) is 10.6. The summed E-state index contributed by atoms with van der Waals surface area (Å²) >= 11 is 0. The summed E-state index contributed by atoms with van der Waals surface area (Å²) in [6, 6.07) is 10.7. The lowest BCUT2D eigenvalue weighted by atomic mass is 9.68. The number of ether oxygens (including phenoxy) is 1. The van der Waals surface area contributed by atoms with Crippen LogP contribution in [0.5, 0.6) is 0 Å². The average Bonchev–Trinajstić information content (AvgIpc) is 2.78. The molecule has 2 aromatic rings. The van der Waals surface area contributed by atoms with E-state index in [4.69, 9.17) is 4.74 Å². The quantitative estimate of drug-likeness (QED) is 0.896. The average molecular weight is 240 g/mol. The zero-order chi connectivity index (χ0) is 12.6. The molecule has 92 valence electrons. The van der Waals surface area contributed by atoms with Gasteiger partial charge in [0.2, 0.25) is 0 Å². The number of hydrogen-bond donors (Lipinski definition) is 1. The van der Waals surface area contributed by atoms with E-state index >= 15 is 0 Å². The van der Waals surface area contributed by atoms with Crippen molar-refractivity contribution in [1.29, 1.82) is 5.26 Å². The maximum Gasteiger partial charge on any atom is 0.0666 e. The fourth-order valence-corrected chi connectivity index (χ4v) is 2.96. The van der Waals surface area contributed by atoms with Gasteiger partial charge in [-0.3, -0.25) is 0 Å². The predicted molar refractivity (Wildman–Crippen MR) is 70.2 cm³/mol. The molecule has 0 bridgehead atoms. The van der Waals surface area contributed by atoms with Gasteiger partial charge in [0.1, 0.15) is 0 Å². The second-order valence-electron chi connectivity index (χ2n) is 4.99. The van der Waals surface area contributed by atoms with Gasteiger partial charge in [0, 0.05) is 17.1 Å². The minimum absolute atomic E-state index is 0.0189. The Morgan fingerprint density at radius 1 is 1.44 bits per heavy atom. The number of aromatic amines is 1. The van der Waals surface area contributed by atoms with Gasteiger partial charge in [-0.25, -0.2) is 0 Å². The van der Waals surface area contributed by atoms with Gasteiger partial charge in [0.15, 0.2) is 0 Å². The van der Waals surface area contributed by atoms with Crippen LogP contribution in [0.4, 0.5) is 0 Å². The van der Waals surface area contributed by atoms with E-state index in [1.165, 1.54) is 10.9 Å². The van der Waals surface area contributed by atoms with Crippen LogP contribution in [0.2, 0.25) is 0 Å². The van der Waals surface area contributed by atoms with Crippen LogP contribution in [-0.2, 0) is 10.2 Å². The molecule has 2 heterocycles. The minimum Gasteiger partial charge on any atom is -0.379 e. The Balaban J connectivity index is 2.15. The molecule has 3 heteroatoms. The standard InChI is InChI=1S/C15H16N2O/c1-2-11(7-16)15(9-18-10-15)13-8-17-14-6-4-3-5-12(13)14/h3-6,8,11,17H,2,9-10H2,1H3. The van der Waals surface area contributed by atoms with Crippen LogP contribution >= 0.6 is 0 Å². The number of nitrogens with one attached hydrogen (secondary N) is 1. The maximum atomic E-state index is 9.38. The molecular formula is C15H16N2O. The van der Waals surface area contributed by atoms with Crippen LogP contribution in [0, 0.1) is 17.2 Å². The van der Waals surface area contributed by atoms with Crippen molar-refractivity contribution in [1.82, 2.24) is 4.98 Å². The molecule has 0 aliphatic carbocycles. The number of H-pyrrole nitrogens is 1. The molecule has 0 saturated carbocycles. The van der Waals surface area contributed by atoms with E-state index in [9.17, 15) is 5.26 Å². The van der Waals surface area contributed by atoms with E-state index in [2.05, 4.69) is 30.1 Å². The summed E-state index contributed by atoms with van der Waals surface area (Å²) in [4.78, 5) is 3.30. The number of hydrogen-bond acceptors (Lipinski definition) is 2. The maximum absolute atomic E-state index is 9.38. The van der Waals surface area contributed by atoms with Crippen molar-refractivity contribution < 1.29 is 4.74 Å². The predicted octanol–water partition coefficient (Wildman–Crippen LogP) is 2.99. The van der Waals surface area contributed by atoms with E-state index in [0.717, 1.165) is 11.9 Å². The van der Waals surface area contributed by atoms with Crippen LogP contribution in [0.3, 0.4) is 0 Å². The van der Waals surface area contributed by atoms with Crippen LogP contribution < -0.4 is 0 Å². The van der Waals surface area contributed by atoms with Gasteiger partial charge in [-0.2, -0.15) is 5.26 Å². The van der Waals surface area contributed by atoms with Crippen molar-refractivity contribution in [2.75, 3.05) is 13.2 Å². The fourth-order valence-electron chi connectivity index (χ4n) is 2.96. The van der Waals surface area contributed by atoms with E-state index in [0.29, 0.717) is 13.2 Å². The molecule has 18 heavy (non-hydrogen) atoms. The highest BCUT2D eigenvalue weighted by Crippen LogP contribution is 2.43. The van der Waals surface area contributed by atoms with E-state index in [1.807, 2.05) is 18.3 Å². The first-order valence-electron chi connectivity index (χ1n) is 6.36. The Labute approximate surface area is 106 Å². The molecule has 1 aromatic heterocycles. The highest BCUT2D eigenvalue weighted by Gasteiger charge is 2.47. The van der Waals surface area contributed by atoms with Gasteiger partial charge in [-0.15, -0.1) is 0 Å². The minimum atomic E-state index is -0.122. The highest BCUT2D eigenvalue weighted by atomic mass is 16.5. The number of benzene rings is 1. The number of nitrogens with zero attached hydrogens (tertiary/aromatic N) is 1. The number of para-hydroxylation sites is 1. The Bertz CT molecular complexity index is 604. The lowest BCUT2D eigenvalue weighted by molar-refractivity contribution is -0.0797. The largest absolute Gasteiger partial charge is 0.379 e. The van der Waals surface area contributed by atoms with Gasteiger partial charge >= 0.3 is 0 Å². The molecule has 0 spiro atoms. The second kappa shape index (κ2) is 4.15. The summed E-state index contributed by atoms with van der Waals surface area (Å²) in [7, 11) is 0. The number of rotatable bonds is 3. The summed E-state index contributed by atoms with van der Waals surface area (Å²) in [6.45, 7) is 3.38. The third-order valence-electron chi connectivity index (χ3n) is 4.08. The van der Waals surface area contributed by atoms with Crippen molar-refractivity contribution >= 4 is 10.9 Å². The Morgan fingerprint density at radius 3 is 2.83 bits per heavy atom. The second-order valence-corrected chi connectivity index (χ2v) is 4.99. The van der Waals surface area contributed by atoms with Crippen molar-refractivity contribution in [2.24, 2.45) is 5.92 Å². The fraction of sp³-hybridized carbons (Fsp3) is 0.400. The zero-order valence-corrected chi connectivity index (χ0v) is 10.4. The molecule has 1 aromatic carbocycles. The lowest BCUT2D eigenvalue weighted by Gasteiger charge is -2.44. The monoisotopic (exact) mass is 240 g/mol. The topological polar surface area (TPSA) is 48.8 Å². The van der Waals surface area contributed by atoms with Gasteiger partial charge in [0.25, 0.3) is 0 Å². The van der Waals surface area contributed by atoms with Gasteiger partial charge < -0.3 is 9.72 Å². The first-order valence-corrected chi connectivity index (χ1v) is 6.36. The molecule has 1 aliphatic rings. The Kier molecular flexibility index (Phi) is 2.61. The van der Waals surface area contributed by atoms with Crippen molar-refractivity contribution in [3.63, 3.8) is 0 Å². The SMILES string of the molecule is CCC(C#N)C1(c2c[nH]c3ccccc23)COC1. The third kappa shape index (κ3) is 1.39. The van der Waals surface area contributed by atoms with E-state index in [1.54, 1.807) is 0 Å². The van der Waals surface area contributed by atoms with Crippen LogP contribution in [0.15, 0.2) is 30.5 Å². The summed E-state index contributed by atoms with van der Waals surface area (Å²) in [5.41, 5.74) is 2.24. The normalized spacial score (nSPS) is 19.1. The van der Waals surface area contributed by atoms with Crippen LogP contribution in [0.25, 0.3) is 10.9 Å². The lowest BCUT2D eigenvalue weighted by Crippen LogP contribution is -2.51. The molecule has 3 nitrogen and oxygen atoms in total. The summed E-state index contributed by atoms with van der Waals surface area (Å²) < 4.78 is 5.43. The molecule has 1 aliphatic heterocycles. The van der Waals surface area contributed by atoms with Crippen molar-refractivity contribution in [3.8, 4) is 6.07 Å². The van der Waals surface area contributed by atoms with Crippen LogP contribution in [0.1, 0.15) is 18.9 Å². The molecule has 0 amide bonds. The van der Waals surface area contributed by atoms with E-state index in [-0.39, 0.29) is 11.3 Å². The van der Waals surface area contributed by atoms with Crippen molar-refractivity contribution in [2.45, 2.75) is 18.8 Å². The van der Waals surface area contributed by atoms with Gasteiger partial charge in [0.05, 0.1) is 30.6 Å². The summed E-state index contributed by atoms with van der Waals surface area (Å²) in [6.07, 6.45) is 2.91. The smallest absolute Gasteiger partial charge is 0.0666 e. The van der Waals surface area contributed by atoms with Crippen molar-refractivity contribution in [3.05, 3.63) is 36.0 Å². The molecule has 1 saturated heterocycles.